The average molecular weight is 357 g/mol. The highest BCUT2D eigenvalue weighted by Gasteiger charge is 2.17. The molecule has 0 N–H and O–H groups in total. The van der Waals surface area contributed by atoms with Gasteiger partial charge < -0.3 is 4.90 Å². The van der Waals surface area contributed by atoms with Gasteiger partial charge in [0.25, 0.3) is 5.91 Å². The maximum absolute atomic E-state index is 12.1. The molecule has 0 unspecified atom stereocenters. The lowest BCUT2D eigenvalue weighted by Gasteiger charge is -2.16. The van der Waals surface area contributed by atoms with Gasteiger partial charge in [0.2, 0.25) is 0 Å². The molecule has 0 aliphatic rings. The van der Waals surface area contributed by atoms with Crippen LogP contribution in [0.3, 0.4) is 0 Å². The summed E-state index contributed by atoms with van der Waals surface area (Å²) in [5.74, 6) is -0.346. The van der Waals surface area contributed by atoms with Gasteiger partial charge in [-0.2, -0.15) is 10.5 Å². The van der Waals surface area contributed by atoms with Crippen LogP contribution in [-0.4, -0.2) is 23.9 Å². The van der Waals surface area contributed by atoms with E-state index in [0.29, 0.717) is 10.0 Å². The van der Waals surface area contributed by atoms with E-state index in [1.54, 1.807) is 18.2 Å². The molecule has 1 aromatic carbocycles. The molecule has 86 valence electrons. The zero-order chi connectivity index (χ0) is 12.8. The van der Waals surface area contributed by atoms with Crippen LogP contribution in [0.1, 0.15) is 10.4 Å². The summed E-state index contributed by atoms with van der Waals surface area (Å²) in [6, 6.07) is 8.90. The highest BCUT2D eigenvalue weighted by atomic mass is 79.9. The molecule has 0 atom stereocenters. The Morgan fingerprint density at radius 3 is 2.35 bits per heavy atom. The molecule has 6 heteroatoms. The number of hydrogen-bond acceptors (Lipinski definition) is 3. The summed E-state index contributed by atoms with van der Waals surface area (Å²) in [6.07, 6.45) is 0. The Bertz CT molecular complexity index is 500. The number of carbonyl (C=O) groups is 1. The minimum absolute atomic E-state index is 0.106. The molecular weight excluding hydrogens is 350 g/mol. The lowest BCUT2D eigenvalue weighted by molar-refractivity contribution is 0.0794. The third kappa shape index (κ3) is 3.55. The van der Waals surface area contributed by atoms with Crippen molar-refractivity contribution < 1.29 is 4.79 Å². The summed E-state index contributed by atoms with van der Waals surface area (Å²) in [7, 11) is 0. The van der Waals surface area contributed by atoms with Gasteiger partial charge in [0, 0.05) is 8.95 Å². The fraction of sp³-hybridized carbons (Fsp3) is 0.182. The standard InChI is InChI=1S/C11H7Br2N3O/c12-8-1-2-10(13)9(7-8)11(17)16(5-3-14)6-4-15/h1-2,7H,5-6H2. The molecule has 0 radical (unpaired) electrons. The molecule has 0 aromatic heterocycles. The van der Waals surface area contributed by atoms with Crippen LogP contribution in [0.2, 0.25) is 0 Å². The van der Waals surface area contributed by atoms with Crippen molar-refractivity contribution in [2.24, 2.45) is 0 Å². The number of nitrogens with zero attached hydrogens (tertiary/aromatic N) is 3. The first-order chi connectivity index (χ1) is 8.10. The molecule has 0 saturated carbocycles. The van der Waals surface area contributed by atoms with Gasteiger partial charge in [-0.15, -0.1) is 0 Å². The molecule has 0 spiro atoms. The Kier molecular flexibility index (Phi) is 5.14. The van der Waals surface area contributed by atoms with Gasteiger partial charge in [0.05, 0.1) is 17.7 Å². The first kappa shape index (κ1) is 13.7. The number of amides is 1. The molecule has 4 nitrogen and oxygen atoms in total. The van der Waals surface area contributed by atoms with E-state index in [9.17, 15) is 4.79 Å². The number of carbonyl (C=O) groups excluding carboxylic acids is 1. The van der Waals surface area contributed by atoms with Crippen molar-refractivity contribution in [3.63, 3.8) is 0 Å². The van der Waals surface area contributed by atoms with Gasteiger partial charge in [0.15, 0.2) is 0 Å². The molecule has 1 rings (SSSR count). The fourth-order valence-corrected chi connectivity index (χ4v) is 1.98. The molecule has 0 heterocycles. The number of benzene rings is 1. The minimum Gasteiger partial charge on any atom is -0.312 e. The molecule has 0 aliphatic carbocycles. The Morgan fingerprint density at radius 1 is 1.24 bits per heavy atom. The van der Waals surface area contributed by atoms with Gasteiger partial charge in [-0.3, -0.25) is 4.79 Å². The van der Waals surface area contributed by atoms with E-state index >= 15 is 0 Å². The van der Waals surface area contributed by atoms with Crippen LogP contribution in [0, 0.1) is 22.7 Å². The molecule has 0 bridgehead atoms. The van der Waals surface area contributed by atoms with Crippen LogP contribution in [0.4, 0.5) is 0 Å². The van der Waals surface area contributed by atoms with Crippen LogP contribution in [0.15, 0.2) is 27.1 Å². The quantitative estimate of drug-likeness (QED) is 0.782. The largest absolute Gasteiger partial charge is 0.312 e. The molecule has 1 aromatic rings. The molecule has 0 fully saturated rings. The number of rotatable bonds is 3. The topological polar surface area (TPSA) is 67.9 Å². The van der Waals surface area contributed by atoms with Gasteiger partial charge in [0.1, 0.15) is 13.1 Å². The number of hydrogen-bond donors (Lipinski definition) is 0. The Labute approximate surface area is 116 Å². The lowest BCUT2D eigenvalue weighted by Crippen LogP contribution is -2.32. The monoisotopic (exact) mass is 355 g/mol. The van der Waals surface area contributed by atoms with Crippen LogP contribution < -0.4 is 0 Å². The zero-order valence-corrected chi connectivity index (χ0v) is 11.8. The molecule has 1 amide bonds. The lowest BCUT2D eigenvalue weighted by atomic mass is 10.2. The highest BCUT2D eigenvalue weighted by Crippen LogP contribution is 2.22. The third-order valence-corrected chi connectivity index (χ3v) is 3.15. The van der Waals surface area contributed by atoms with Crippen LogP contribution in [0.5, 0.6) is 0 Å². The van der Waals surface area contributed by atoms with E-state index in [0.717, 1.165) is 4.47 Å². The number of halogens is 2. The maximum atomic E-state index is 12.1. The third-order valence-electron chi connectivity index (χ3n) is 1.97. The Morgan fingerprint density at radius 2 is 1.82 bits per heavy atom. The van der Waals surface area contributed by atoms with Gasteiger partial charge >= 0.3 is 0 Å². The van der Waals surface area contributed by atoms with Crippen LogP contribution in [-0.2, 0) is 0 Å². The van der Waals surface area contributed by atoms with Crippen molar-refractivity contribution in [3.8, 4) is 12.1 Å². The van der Waals surface area contributed by atoms with Crippen LogP contribution >= 0.6 is 31.9 Å². The predicted molar refractivity (Wildman–Crippen MR) is 69.0 cm³/mol. The van der Waals surface area contributed by atoms with Crippen molar-refractivity contribution in [2.75, 3.05) is 13.1 Å². The van der Waals surface area contributed by atoms with E-state index < -0.39 is 0 Å². The van der Waals surface area contributed by atoms with Crippen molar-refractivity contribution in [1.29, 1.82) is 10.5 Å². The van der Waals surface area contributed by atoms with Gasteiger partial charge in [-0.05, 0) is 34.1 Å². The first-order valence-electron chi connectivity index (χ1n) is 4.58. The molecule has 0 saturated heterocycles. The Balaban J connectivity index is 3.06. The van der Waals surface area contributed by atoms with Gasteiger partial charge in [-0.25, -0.2) is 0 Å². The van der Waals surface area contributed by atoms with Crippen molar-refractivity contribution in [3.05, 3.63) is 32.7 Å². The van der Waals surface area contributed by atoms with Gasteiger partial charge in [-0.1, -0.05) is 15.9 Å². The predicted octanol–water partition coefficient (Wildman–Crippen LogP) is 2.70. The second-order valence-corrected chi connectivity index (χ2v) is 4.87. The Hall–Kier alpha value is -1.37. The van der Waals surface area contributed by atoms with E-state index in [4.69, 9.17) is 10.5 Å². The zero-order valence-electron chi connectivity index (χ0n) is 8.65. The highest BCUT2D eigenvalue weighted by molar-refractivity contribution is 9.11. The summed E-state index contributed by atoms with van der Waals surface area (Å²) in [6.45, 7) is -0.212. The second-order valence-electron chi connectivity index (χ2n) is 3.10. The SMILES string of the molecule is N#CCN(CC#N)C(=O)c1cc(Br)ccc1Br. The molecule has 17 heavy (non-hydrogen) atoms. The van der Waals surface area contributed by atoms with Crippen molar-refractivity contribution in [2.45, 2.75) is 0 Å². The number of nitriles is 2. The van der Waals surface area contributed by atoms with Crippen molar-refractivity contribution >= 4 is 37.8 Å². The first-order valence-corrected chi connectivity index (χ1v) is 6.17. The summed E-state index contributed by atoms with van der Waals surface area (Å²) < 4.78 is 1.39. The van der Waals surface area contributed by atoms with E-state index in [2.05, 4.69) is 31.9 Å². The van der Waals surface area contributed by atoms with E-state index in [1.807, 2.05) is 12.1 Å². The smallest absolute Gasteiger partial charge is 0.256 e. The summed E-state index contributed by atoms with van der Waals surface area (Å²) >= 11 is 6.54. The second kappa shape index (κ2) is 6.39. The molecule has 0 aliphatic heterocycles. The normalized spacial score (nSPS) is 9.18. The maximum Gasteiger partial charge on any atom is 0.256 e. The minimum atomic E-state index is -0.346. The van der Waals surface area contributed by atoms with Crippen LogP contribution in [0.25, 0.3) is 0 Å². The fourth-order valence-electron chi connectivity index (χ4n) is 1.20. The average Bonchev–Trinajstić information content (AvgIpc) is 2.31. The van der Waals surface area contributed by atoms with E-state index in [1.165, 1.54) is 4.90 Å². The summed E-state index contributed by atoms with van der Waals surface area (Å²) in [5.41, 5.74) is 0.421. The summed E-state index contributed by atoms with van der Waals surface area (Å²) in [5, 5.41) is 17.2. The van der Waals surface area contributed by atoms with E-state index in [-0.39, 0.29) is 19.0 Å². The molecular formula is C11H7Br2N3O. The summed E-state index contributed by atoms with van der Waals surface area (Å²) in [4.78, 5) is 13.3. The van der Waals surface area contributed by atoms with Crippen molar-refractivity contribution in [1.82, 2.24) is 4.90 Å².